The Labute approximate surface area is 83.7 Å². The Balaban J connectivity index is 0.000000640. The molecule has 0 heterocycles. The summed E-state index contributed by atoms with van der Waals surface area (Å²) in [6.07, 6.45) is 4.32. The van der Waals surface area contributed by atoms with E-state index in [2.05, 4.69) is 6.08 Å². The van der Waals surface area contributed by atoms with Gasteiger partial charge in [-0.3, -0.25) is 0 Å². The Kier molecular flexibility index (Phi) is 4.53. The van der Waals surface area contributed by atoms with Gasteiger partial charge in [-0.25, -0.2) is 17.7 Å². The van der Waals surface area contributed by atoms with Crippen LogP contribution in [0.1, 0.15) is 0 Å². The summed E-state index contributed by atoms with van der Waals surface area (Å²) in [6, 6.07) is 0. The minimum Gasteiger partial charge on any atom is -0.233 e. The van der Waals surface area contributed by atoms with Gasteiger partial charge in [0.15, 0.2) is 0 Å². The second kappa shape index (κ2) is 4.05. The Morgan fingerprint density at radius 1 is 1.44 bits per heavy atom. The molecule has 0 aromatic rings. The molecule has 0 nitrogen and oxygen atoms in total. The molecule has 0 bridgehead atoms. The molecule has 0 amide bonds. The maximum absolute atomic E-state index is 5.52. The first-order chi connectivity index (χ1) is 3.70. The molecule has 0 aliphatic heterocycles. The van der Waals surface area contributed by atoms with Gasteiger partial charge in [0.25, 0.3) is 0 Å². The summed E-state index contributed by atoms with van der Waals surface area (Å²) in [7, 11) is 0. The van der Waals surface area contributed by atoms with Crippen molar-refractivity contribution >= 4 is 34.8 Å². The normalized spacial score (nSPS) is 24.6. The fourth-order valence-electron chi connectivity index (χ4n) is 0.433. The summed E-state index contributed by atoms with van der Waals surface area (Å²) < 4.78 is 0. The fraction of sp³-hybridized carbons (Fsp3) is 0.200. The molecule has 48 valence electrons. The summed E-state index contributed by atoms with van der Waals surface area (Å²) in [6.45, 7) is 0. The van der Waals surface area contributed by atoms with E-state index in [1.807, 2.05) is 0 Å². The van der Waals surface area contributed by atoms with E-state index in [1.165, 1.54) is 0 Å². The predicted molar refractivity (Wildman–Crippen MR) is 36.2 cm³/mol. The second-order valence-electron chi connectivity index (χ2n) is 1.37. The average molecular weight is 216 g/mol. The molecule has 4 heteroatoms. The van der Waals surface area contributed by atoms with Crippen molar-refractivity contribution in [2.24, 2.45) is 0 Å². The topological polar surface area (TPSA) is 0 Å². The Morgan fingerprint density at radius 2 is 2.00 bits per heavy atom. The smallest absolute Gasteiger partial charge is 0 e. The molecule has 0 spiro atoms. The van der Waals surface area contributed by atoms with Crippen molar-refractivity contribution in [3.8, 4) is 0 Å². The van der Waals surface area contributed by atoms with E-state index in [0.29, 0.717) is 10.1 Å². The summed E-state index contributed by atoms with van der Waals surface area (Å²) in [5, 5.41) is 0.674. The maximum atomic E-state index is 5.52. The van der Waals surface area contributed by atoms with Crippen LogP contribution in [0.2, 0.25) is 0 Å². The molecule has 0 aromatic heterocycles. The molecule has 0 radical (unpaired) electrons. The first kappa shape index (κ1) is 10.1. The third-order valence-electron chi connectivity index (χ3n) is 0.767. The average Bonchev–Trinajstić information content (AvgIpc) is 1.85. The van der Waals surface area contributed by atoms with Gasteiger partial charge in [-0.2, -0.15) is 0 Å². The van der Waals surface area contributed by atoms with Gasteiger partial charge in [0.05, 0.1) is 0 Å². The van der Waals surface area contributed by atoms with E-state index in [4.69, 9.17) is 34.8 Å². The monoisotopic (exact) mass is 215 g/mol. The standard InChI is InChI=1S/C5H2Cl3.Ti/c6-3-1-4(7)5(8)2-3;/h1,3H;/q-1;. The molecule has 0 saturated carbocycles. The van der Waals surface area contributed by atoms with Crippen LogP contribution in [-0.4, -0.2) is 5.38 Å². The van der Waals surface area contributed by atoms with Crippen LogP contribution in [-0.2, 0) is 21.7 Å². The minimum atomic E-state index is -0.241. The molecular formula is C5H2Cl3Ti-. The van der Waals surface area contributed by atoms with Crippen molar-refractivity contribution in [3.63, 3.8) is 0 Å². The van der Waals surface area contributed by atoms with Crippen LogP contribution in [0.3, 0.4) is 0 Å². The zero-order valence-electron chi connectivity index (χ0n) is 4.29. The van der Waals surface area contributed by atoms with Crippen LogP contribution in [0, 0.1) is 6.08 Å². The van der Waals surface area contributed by atoms with Crippen molar-refractivity contribution < 1.29 is 21.7 Å². The van der Waals surface area contributed by atoms with Gasteiger partial charge in [0, 0.05) is 21.7 Å². The molecule has 1 aliphatic rings. The SMILES string of the molecule is ClC1=[C-]C(Cl)C=C1Cl.[Ti]. The van der Waals surface area contributed by atoms with Crippen molar-refractivity contribution in [1.82, 2.24) is 0 Å². The van der Waals surface area contributed by atoms with E-state index >= 15 is 0 Å². The largest absolute Gasteiger partial charge is 0.233 e. The van der Waals surface area contributed by atoms with Crippen molar-refractivity contribution in [2.45, 2.75) is 5.38 Å². The first-order valence-corrected chi connectivity index (χ1v) is 3.20. The summed E-state index contributed by atoms with van der Waals surface area (Å²) in [4.78, 5) is 0. The van der Waals surface area contributed by atoms with E-state index < -0.39 is 0 Å². The third kappa shape index (κ3) is 2.65. The maximum Gasteiger partial charge on any atom is 0 e. The number of allylic oxidation sites excluding steroid dienone is 4. The zero-order chi connectivity index (χ0) is 6.15. The van der Waals surface area contributed by atoms with Gasteiger partial charge in [-0.1, -0.05) is 5.03 Å². The molecule has 1 aliphatic carbocycles. The van der Waals surface area contributed by atoms with Gasteiger partial charge in [-0.05, 0) is 5.38 Å². The molecule has 0 aromatic carbocycles. The van der Waals surface area contributed by atoms with Crippen LogP contribution in [0.15, 0.2) is 16.1 Å². The molecule has 1 atom stereocenters. The van der Waals surface area contributed by atoms with E-state index in [0.717, 1.165) is 0 Å². The summed E-state index contributed by atoms with van der Waals surface area (Å²) >= 11 is 16.5. The second-order valence-corrected chi connectivity index (χ2v) is 2.63. The number of hydrogen-bond donors (Lipinski definition) is 0. The number of halogens is 3. The van der Waals surface area contributed by atoms with Gasteiger partial charge in [0.2, 0.25) is 0 Å². The number of rotatable bonds is 0. The molecular weight excluding hydrogens is 214 g/mol. The number of hydrogen-bond acceptors (Lipinski definition) is 0. The minimum absolute atomic E-state index is 0. The molecule has 9 heavy (non-hydrogen) atoms. The van der Waals surface area contributed by atoms with Gasteiger partial charge in [-0.15, -0.1) is 34.3 Å². The fourth-order valence-corrected chi connectivity index (χ4v) is 1.15. The van der Waals surface area contributed by atoms with Gasteiger partial charge < -0.3 is 0 Å². The summed E-state index contributed by atoms with van der Waals surface area (Å²) in [5.41, 5.74) is 0. The summed E-state index contributed by atoms with van der Waals surface area (Å²) in [5.74, 6) is 0. The molecule has 0 fully saturated rings. The molecule has 0 saturated heterocycles. The molecule has 0 N–H and O–H groups in total. The predicted octanol–water partition coefficient (Wildman–Crippen LogP) is 2.65. The quantitative estimate of drug-likeness (QED) is 0.332. The zero-order valence-corrected chi connectivity index (χ0v) is 8.12. The van der Waals surface area contributed by atoms with Crippen molar-refractivity contribution in [2.75, 3.05) is 0 Å². The van der Waals surface area contributed by atoms with Crippen LogP contribution in [0.4, 0.5) is 0 Å². The van der Waals surface area contributed by atoms with E-state index in [9.17, 15) is 0 Å². The Hall–Kier alpha value is 1.06. The first-order valence-electron chi connectivity index (χ1n) is 2.01. The van der Waals surface area contributed by atoms with Crippen LogP contribution in [0.5, 0.6) is 0 Å². The van der Waals surface area contributed by atoms with Crippen LogP contribution in [0.25, 0.3) is 0 Å². The van der Waals surface area contributed by atoms with Gasteiger partial charge >= 0.3 is 0 Å². The third-order valence-corrected chi connectivity index (χ3v) is 1.73. The molecule has 1 unspecified atom stereocenters. The number of alkyl halides is 1. The van der Waals surface area contributed by atoms with Crippen LogP contribution >= 0.6 is 34.8 Å². The Bertz CT molecular complexity index is 144. The van der Waals surface area contributed by atoms with E-state index in [-0.39, 0.29) is 27.1 Å². The van der Waals surface area contributed by atoms with Crippen molar-refractivity contribution in [1.29, 1.82) is 0 Å². The van der Waals surface area contributed by atoms with Gasteiger partial charge in [0.1, 0.15) is 0 Å². The molecule has 1 rings (SSSR count). The van der Waals surface area contributed by atoms with Crippen molar-refractivity contribution in [3.05, 3.63) is 22.2 Å². The van der Waals surface area contributed by atoms with Crippen LogP contribution < -0.4 is 0 Å². The Morgan fingerprint density at radius 3 is 2.11 bits per heavy atom. The van der Waals surface area contributed by atoms with E-state index in [1.54, 1.807) is 6.08 Å².